The van der Waals surface area contributed by atoms with E-state index in [1.807, 2.05) is 13.8 Å². The molecular formula is C14H14O4. The number of esters is 2. The van der Waals surface area contributed by atoms with Crippen LogP contribution in [-0.4, -0.2) is 11.9 Å². The van der Waals surface area contributed by atoms with Crippen LogP contribution in [-0.2, 0) is 22.4 Å². The zero-order valence-corrected chi connectivity index (χ0v) is 10.5. The van der Waals surface area contributed by atoms with E-state index < -0.39 is 0 Å². The van der Waals surface area contributed by atoms with Crippen LogP contribution in [0.4, 0.5) is 0 Å². The van der Waals surface area contributed by atoms with Gasteiger partial charge in [-0.15, -0.1) is 0 Å². The lowest BCUT2D eigenvalue weighted by Crippen LogP contribution is -2.23. The Morgan fingerprint density at radius 2 is 1.11 bits per heavy atom. The highest BCUT2D eigenvalue weighted by Crippen LogP contribution is 2.42. The average molecular weight is 246 g/mol. The van der Waals surface area contributed by atoms with Gasteiger partial charge in [0.15, 0.2) is 0 Å². The molecule has 0 aromatic heterocycles. The van der Waals surface area contributed by atoms with Crippen molar-refractivity contribution in [1.29, 1.82) is 0 Å². The molecule has 18 heavy (non-hydrogen) atoms. The van der Waals surface area contributed by atoms with Crippen molar-refractivity contribution in [3.63, 3.8) is 0 Å². The molecule has 0 unspecified atom stereocenters. The molecular weight excluding hydrogens is 232 g/mol. The van der Waals surface area contributed by atoms with Crippen LogP contribution >= 0.6 is 0 Å². The Hall–Kier alpha value is -1.84. The average Bonchev–Trinajstić information content (AvgIpc) is 2.36. The van der Waals surface area contributed by atoms with E-state index in [0.29, 0.717) is 37.2 Å². The van der Waals surface area contributed by atoms with Crippen molar-refractivity contribution in [2.24, 2.45) is 0 Å². The van der Waals surface area contributed by atoms with Crippen molar-refractivity contribution in [3.8, 4) is 11.5 Å². The van der Waals surface area contributed by atoms with E-state index in [-0.39, 0.29) is 11.9 Å². The Kier molecular flexibility index (Phi) is 2.40. The zero-order chi connectivity index (χ0) is 12.9. The van der Waals surface area contributed by atoms with Crippen molar-refractivity contribution in [1.82, 2.24) is 0 Å². The first kappa shape index (κ1) is 11.3. The van der Waals surface area contributed by atoms with Gasteiger partial charge in [0.25, 0.3) is 0 Å². The van der Waals surface area contributed by atoms with E-state index in [9.17, 15) is 9.59 Å². The second-order valence-electron chi connectivity index (χ2n) is 4.81. The molecule has 0 aliphatic carbocycles. The van der Waals surface area contributed by atoms with Crippen LogP contribution in [0.1, 0.15) is 35.1 Å². The van der Waals surface area contributed by atoms with Gasteiger partial charge < -0.3 is 9.47 Å². The van der Waals surface area contributed by atoms with Gasteiger partial charge in [-0.3, -0.25) is 9.59 Å². The third kappa shape index (κ3) is 1.52. The Morgan fingerprint density at radius 1 is 0.722 bits per heavy atom. The maximum absolute atomic E-state index is 11.4. The molecule has 0 spiro atoms. The molecule has 2 aliphatic rings. The second kappa shape index (κ2) is 3.83. The molecule has 0 amide bonds. The monoisotopic (exact) mass is 246 g/mol. The fourth-order valence-corrected chi connectivity index (χ4v) is 2.73. The summed E-state index contributed by atoms with van der Waals surface area (Å²) in [6.07, 6.45) is 2.09. The Morgan fingerprint density at radius 3 is 1.50 bits per heavy atom. The number of carbonyl (C=O) groups is 2. The second-order valence-corrected chi connectivity index (χ2v) is 4.81. The lowest BCUT2D eigenvalue weighted by Gasteiger charge is -2.27. The van der Waals surface area contributed by atoms with E-state index in [0.717, 1.165) is 22.3 Å². The van der Waals surface area contributed by atoms with Crippen molar-refractivity contribution in [2.45, 2.75) is 39.5 Å². The number of hydrogen-bond acceptors (Lipinski definition) is 4. The SMILES string of the molecule is Cc1c2c(c(C)c3c1OC(=O)CC3)OC(=O)CC2. The summed E-state index contributed by atoms with van der Waals surface area (Å²) in [6.45, 7) is 3.85. The van der Waals surface area contributed by atoms with Crippen LogP contribution < -0.4 is 9.47 Å². The summed E-state index contributed by atoms with van der Waals surface area (Å²) in [5.41, 5.74) is 3.87. The van der Waals surface area contributed by atoms with Gasteiger partial charge in [-0.1, -0.05) is 0 Å². The molecule has 2 heterocycles. The number of hydrogen-bond donors (Lipinski definition) is 0. The molecule has 0 fully saturated rings. The standard InChI is InChI=1S/C14H14O4/c1-7-9-3-5-12(16)18-14(9)8(2)10-4-6-11(15)17-13(7)10/h3-6H2,1-2H3. The number of fused-ring (bicyclic) bond motifs is 2. The number of rotatable bonds is 0. The molecule has 0 bridgehead atoms. The summed E-state index contributed by atoms with van der Waals surface area (Å²) in [7, 11) is 0. The van der Waals surface area contributed by atoms with Crippen LogP contribution in [0.2, 0.25) is 0 Å². The van der Waals surface area contributed by atoms with E-state index in [1.54, 1.807) is 0 Å². The third-order valence-corrected chi connectivity index (χ3v) is 3.72. The third-order valence-electron chi connectivity index (χ3n) is 3.72. The molecule has 2 aliphatic heterocycles. The molecule has 0 atom stereocenters. The van der Waals surface area contributed by atoms with Crippen LogP contribution in [0.15, 0.2) is 0 Å². The van der Waals surface area contributed by atoms with Gasteiger partial charge >= 0.3 is 11.9 Å². The summed E-state index contributed by atoms with van der Waals surface area (Å²) in [5.74, 6) is 0.997. The van der Waals surface area contributed by atoms with Crippen molar-refractivity contribution in [2.75, 3.05) is 0 Å². The highest BCUT2D eigenvalue weighted by molar-refractivity contribution is 5.81. The molecule has 0 saturated heterocycles. The van der Waals surface area contributed by atoms with Gasteiger partial charge in [-0.2, -0.15) is 0 Å². The Balaban J connectivity index is 2.23. The normalized spacial score (nSPS) is 17.7. The van der Waals surface area contributed by atoms with Gasteiger partial charge in [-0.05, 0) is 37.8 Å². The molecule has 0 radical (unpaired) electrons. The molecule has 3 rings (SSSR count). The van der Waals surface area contributed by atoms with E-state index in [2.05, 4.69) is 0 Å². The highest BCUT2D eigenvalue weighted by Gasteiger charge is 2.29. The Labute approximate surface area is 105 Å². The van der Waals surface area contributed by atoms with E-state index >= 15 is 0 Å². The van der Waals surface area contributed by atoms with Crippen LogP contribution in [0.5, 0.6) is 11.5 Å². The minimum atomic E-state index is -0.183. The molecule has 94 valence electrons. The number of carbonyl (C=O) groups excluding carboxylic acids is 2. The summed E-state index contributed by atoms with van der Waals surface area (Å²) in [5, 5.41) is 0. The number of ether oxygens (including phenoxy) is 2. The first-order valence-electron chi connectivity index (χ1n) is 6.14. The summed E-state index contributed by atoms with van der Waals surface area (Å²) < 4.78 is 10.7. The predicted molar refractivity (Wildman–Crippen MR) is 63.8 cm³/mol. The van der Waals surface area contributed by atoms with E-state index in [4.69, 9.17) is 9.47 Å². The van der Waals surface area contributed by atoms with Gasteiger partial charge in [0, 0.05) is 11.1 Å². The molecule has 0 N–H and O–H groups in total. The number of benzene rings is 1. The lowest BCUT2D eigenvalue weighted by atomic mass is 9.90. The smallest absolute Gasteiger partial charge is 0.311 e. The fourth-order valence-electron chi connectivity index (χ4n) is 2.73. The highest BCUT2D eigenvalue weighted by atomic mass is 16.5. The largest absolute Gasteiger partial charge is 0.426 e. The molecule has 1 aromatic rings. The Bertz CT molecular complexity index is 520. The van der Waals surface area contributed by atoms with Crippen LogP contribution in [0, 0.1) is 13.8 Å². The maximum Gasteiger partial charge on any atom is 0.311 e. The minimum absolute atomic E-state index is 0.183. The molecule has 4 heteroatoms. The molecule has 4 nitrogen and oxygen atoms in total. The zero-order valence-electron chi connectivity index (χ0n) is 10.5. The summed E-state index contributed by atoms with van der Waals surface area (Å²) in [6, 6.07) is 0. The van der Waals surface area contributed by atoms with Gasteiger partial charge in [-0.25, -0.2) is 0 Å². The maximum atomic E-state index is 11.4. The van der Waals surface area contributed by atoms with Gasteiger partial charge in [0.05, 0.1) is 12.8 Å². The van der Waals surface area contributed by atoms with E-state index in [1.165, 1.54) is 0 Å². The van der Waals surface area contributed by atoms with Crippen LogP contribution in [0.3, 0.4) is 0 Å². The molecule has 0 saturated carbocycles. The molecule has 1 aromatic carbocycles. The van der Waals surface area contributed by atoms with Crippen molar-refractivity contribution < 1.29 is 19.1 Å². The van der Waals surface area contributed by atoms with Crippen molar-refractivity contribution in [3.05, 3.63) is 22.3 Å². The first-order chi connectivity index (χ1) is 8.58. The van der Waals surface area contributed by atoms with Crippen molar-refractivity contribution >= 4 is 11.9 Å². The van der Waals surface area contributed by atoms with Gasteiger partial charge in [0.2, 0.25) is 0 Å². The topological polar surface area (TPSA) is 52.6 Å². The summed E-state index contributed by atoms with van der Waals surface area (Å²) in [4.78, 5) is 22.8. The van der Waals surface area contributed by atoms with Crippen LogP contribution in [0.25, 0.3) is 0 Å². The fraction of sp³-hybridized carbons (Fsp3) is 0.429. The quantitative estimate of drug-likeness (QED) is 0.519. The predicted octanol–water partition coefficient (Wildman–Crippen LogP) is 2.01. The minimum Gasteiger partial charge on any atom is -0.426 e. The first-order valence-corrected chi connectivity index (χ1v) is 6.14. The van der Waals surface area contributed by atoms with Gasteiger partial charge in [0.1, 0.15) is 11.5 Å². The lowest BCUT2D eigenvalue weighted by molar-refractivity contribution is -0.136. The summed E-state index contributed by atoms with van der Waals surface area (Å²) >= 11 is 0.